The maximum absolute atomic E-state index is 4.64. The predicted octanol–water partition coefficient (Wildman–Crippen LogP) is 8.89. The number of piperazine rings is 1. The largest absolute Gasteiger partial charge is 0.314 e. The Hall–Kier alpha value is -1.42. The highest BCUT2D eigenvalue weighted by atomic mass is 15.2. The smallest absolute Gasteiger partial charge is 0.0219 e. The molecule has 0 radical (unpaired) electrons. The Morgan fingerprint density at radius 2 is 1.62 bits per heavy atom. The first-order valence-electron chi connectivity index (χ1n) is 19.0. The number of fused-ring (bicyclic) bond motifs is 7. The van der Waals surface area contributed by atoms with E-state index in [-0.39, 0.29) is 5.41 Å². The van der Waals surface area contributed by atoms with Gasteiger partial charge in [-0.2, -0.15) is 0 Å². The molecule has 1 heterocycles. The lowest BCUT2D eigenvalue weighted by atomic mass is 9.33. The summed E-state index contributed by atoms with van der Waals surface area (Å²) in [5.41, 5.74) is 7.58. The standard InChI is InChI=1S/C42H65N3/c1-29(2)32-15-20-42(44-25-28-45-26-23-43-24-27-45)22-21-40(7)34(37(32)42)13-14-36-39(6)18-16-33(31-11-9-30(3)10-12-31)38(4,5)35(39)17-19-41(36,40)8/h9-12,16,32,34-37,43-44H,1,13-15,17-28H2,2-8H3/t32-,34+,35-,36+,37+,39-,40+,41+,42-/m0/s1. The molecule has 0 spiro atoms. The highest BCUT2D eigenvalue weighted by molar-refractivity contribution is 5.71. The number of benzene rings is 1. The van der Waals surface area contributed by atoms with Crippen LogP contribution in [-0.4, -0.2) is 49.7 Å². The van der Waals surface area contributed by atoms with Crippen molar-refractivity contribution in [3.05, 3.63) is 53.6 Å². The zero-order chi connectivity index (χ0) is 31.8. The molecule has 1 aromatic rings. The van der Waals surface area contributed by atoms with Gasteiger partial charge in [-0.15, -0.1) is 0 Å². The van der Waals surface area contributed by atoms with Crippen LogP contribution in [0.2, 0.25) is 0 Å². The second kappa shape index (κ2) is 11.3. The van der Waals surface area contributed by atoms with Gasteiger partial charge in [-0.1, -0.05) is 82.7 Å². The van der Waals surface area contributed by atoms with E-state index in [1.807, 2.05) is 0 Å². The molecule has 6 aliphatic rings. The van der Waals surface area contributed by atoms with Crippen molar-refractivity contribution in [2.24, 2.45) is 51.2 Å². The zero-order valence-corrected chi connectivity index (χ0v) is 30.0. The van der Waals surface area contributed by atoms with Crippen LogP contribution in [0.25, 0.3) is 5.57 Å². The van der Waals surface area contributed by atoms with Gasteiger partial charge in [-0.25, -0.2) is 0 Å². The first-order valence-corrected chi connectivity index (χ1v) is 19.0. The highest BCUT2D eigenvalue weighted by Crippen LogP contribution is 2.76. The Bertz CT molecular complexity index is 1300. The Morgan fingerprint density at radius 3 is 2.33 bits per heavy atom. The molecule has 0 unspecified atom stereocenters. The highest BCUT2D eigenvalue weighted by Gasteiger charge is 2.70. The van der Waals surface area contributed by atoms with Crippen molar-refractivity contribution in [2.75, 3.05) is 39.3 Å². The van der Waals surface area contributed by atoms with Crippen LogP contribution in [0.5, 0.6) is 0 Å². The van der Waals surface area contributed by atoms with Crippen LogP contribution < -0.4 is 10.6 Å². The first-order chi connectivity index (χ1) is 21.4. The molecule has 5 aliphatic carbocycles. The predicted molar refractivity (Wildman–Crippen MR) is 191 cm³/mol. The van der Waals surface area contributed by atoms with Crippen LogP contribution in [-0.2, 0) is 0 Å². The molecule has 3 heteroatoms. The van der Waals surface area contributed by atoms with Crippen molar-refractivity contribution in [3.8, 4) is 0 Å². The van der Waals surface area contributed by atoms with Gasteiger partial charge < -0.3 is 10.6 Å². The van der Waals surface area contributed by atoms with Crippen molar-refractivity contribution in [1.82, 2.24) is 15.5 Å². The molecule has 4 saturated carbocycles. The minimum Gasteiger partial charge on any atom is -0.314 e. The average Bonchev–Trinajstić information content (AvgIpc) is 3.39. The number of hydrogen-bond donors (Lipinski definition) is 2. The molecule has 3 nitrogen and oxygen atoms in total. The number of rotatable bonds is 6. The molecule has 0 aromatic heterocycles. The SMILES string of the molecule is C=C(C)[C@@H]1CC[C@]2(NCCN3CCNCC3)CC[C@]3(C)[C@H](CC[C@@H]4[C@@]5(C)CC=C(c6ccc(C)cc6)C(C)(C)[C@@H]5CC[C@]43C)[C@@H]12. The van der Waals surface area contributed by atoms with Gasteiger partial charge in [-0.3, -0.25) is 4.90 Å². The van der Waals surface area contributed by atoms with Gasteiger partial charge >= 0.3 is 0 Å². The quantitative estimate of drug-likeness (QED) is 0.315. The molecule has 1 aliphatic heterocycles. The minimum atomic E-state index is 0.202. The van der Waals surface area contributed by atoms with Crippen molar-refractivity contribution in [3.63, 3.8) is 0 Å². The molecule has 45 heavy (non-hydrogen) atoms. The lowest BCUT2D eigenvalue weighted by Crippen LogP contribution is -2.68. The lowest BCUT2D eigenvalue weighted by Gasteiger charge is -2.72. The van der Waals surface area contributed by atoms with Gasteiger partial charge in [0, 0.05) is 44.8 Å². The fourth-order valence-corrected chi connectivity index (χ4v) is 13.7. The molecular formula is C42H65N3. The van der Waals surface area contributed by atoms with Crippen LogP contribution in [0.15, 0.2) is 42.5 Å². The molecule has 0 bridgehead atoms. The van der Waals surface area contributed by atoms with E-state index >= 15 is 0 Å². The van der Waals surface area contributed by atoms with Crippen LogP contribution in [0.3, 0.4) is 0 Å². The molecule has 0 amide bonds. The van der Waals surface area contributed by atoms with E-state index < -0.39 is 0 Å². The average molecular weight is 612 g/mol. The molecule has 2 N–H and O–H groups in total. The summed E-state index contributed by atoms with van der Waals surface area (Å²) in [6.45, 7) is 29.8. The van der Waals surface area contributed by atoms with Crippen molar-refractivity contribution < 1.29 is 0 Å². The number of aryl methyl sites for hydroxylation is 1. The van der Waals surface area contributed by atoms with E-state index in [0.717, 1.165) is 43.3 Å². The summed E-state index contributed by atoms with van der Waals surface area (Å²) in [7, 11) is 0. The van der Waals surface area contributed by atoms with E-state index in [1.165, 1.54) is 94.1 Å². The summed E-state index contributed by atoms with van der Waals surface area (Å²) in [5.74, 6) is 3.78. The lowest BCUT2D eigenvalue weighted by molar-refractivity contribution is -0.219. The van der Waals surface area contributed by atoms with Gasteiger partial charge in [0.1, 0.15) is 0 Å². The maximum Gasteiger partial charge on any atom is 0.0219 e. The summed E-state index contributed by atoms with van der Waals surface area (Å²) in [5, 5.41) is 7.87. The summed E-state index contributed by atoms with van der Waals surface area (Å²) >= 11 is 0. The van der Waals surface area contributed by atoms with Gasteiger partial charge in [0.2, 0.25) is 0 Å². The van der Waals surface area contributed by atoms with Crippen LogP contribution in [0.4, 0.5) is 0 Å². The normalized spacial score (nSPS) is 44.2. The molecule has 5 fully saturated rings. The zero-order valence-electron chi connectivity index (χ0n) is 30.0. The van der Waals surface area contributed by atoms with Crippen molar-refractivity contribution in [2.45, 2.75) is 112 Å². The fraction of sp³-hybridized carbons (Fsp3) is 0.762. The van der Waals surface area contributed by atoms with E-state index in [2.05, 4.69) is 101 Å². The van der Waals surface area contributed by atoms with Gasteiger partial charge in [-0.05, 0) is 134 Å². The summed E-state index contributed by atoms with van der Waals surface area (Å²) in [6, 6.07) is 9.39. The summed E-state index contributed by atoms with van der Waals surface area (Å²) in [6.07, 6.45) is 15.0. The van der Waals surface area contributed by atoms with Crippen LogP contribution in [0, 0.1) is 58.2 Å². The maximum atomic E-state index is 4.64. The Morgan fingerprint density at radius 1 is 0.889 bits per heavy atom. The Labute approximate surface area is 276 Å². The third-order valence-electron chi connectivity index (χ3n) is 16.1. The molecule has 7 rings (SSSR count). The fourth-order valence-electron chi connectivity index (χ4n) is 13.7. The number of allylic oxidation sites excluding steroid dienone is 3. The minimum absolute atomic E-state index is 0.202. The summed E-state index contributed by atoms with van der Waals surface area (Å²) in [4.78, 5) is 2.67. The number of hydrogen-bond acceptors (Lipinski definition) is 3. The summed E-state index contributed by atoms with van der Waals surface area (Å²) < 4.78 is 0. The monoisotopic (exact) mass is 612 g/mol. The van der Waals surface area contributed by atoms with E-state index in [0.29, 0.717) is 27.7 Å². The number of nitrogens with one attached hydrogen (secondary N) is 2. The van der Waals surface area contributed by atoms with E-state index in [9.17, 15) is 0 Å². The third-order valence-corrected chi connectivity index (χ3v) is 16.1. The van der Waals surface area contributed by atoms with Crippen LogP contribution in [0.1, 0.15) is 110 Å². The Balaban J connectivity index is 1.17. The van der Waals surface area contributed by atoms with Crippen molar-refractivity contribution >= 4 is 5.57 Å². The topological polar surface area (TPSA) is 27.3 Å². The first kappa shape index (κ1) is 32.1. The Kier molecular flexibility index (Phi) is 8.10. The van der Waals surface area contributed by atoms with Gasteiger partial charge in [0.15, 0.2) is 0 Å². The molecule has 248 valence electrons. The third kappa shape index (κ3) is 4.82. The molecule has 1 aromatic carbocycles. The van der Waals surface area contributed by atoms with Gasteiger partial charge in [0.05, 0.1) is 0 Å². The molecular weight excluding hydrogens is 546 g/mol. The van der Waals surface area contributed by atoms with E-state index in [4.69, 9.17) is 0 Å². The molecule has 1 saturated heterocycles. The number of nitrogens with zero attached hydrogens (tertiary/aromatic N) is 1. The second-order valence-electron chi connectivity index (χ2n) is 18.3. The second-order valence-corrected chi connectivity index (χ2v) is 18.3. The van der Waals surface area contributed by atoms with Crippen LogP contribution >= 0.6 is 0 Å². The van der Waals surface area contributed by atoms with E-state index in [1.54, 1.807) is 5.57 Å². The van der Waals surface area contributed by atoms with Crippen molar-refractivity contribution in [1.29, 1.82) is 0 Å². The molecule has 9 atom stereocenters. The van der Waals surface area contributed by atoms with Gasteiger partial charge in [0.25, 0.3) is 0 Å².